The zero-order chi connectivity index (χ0) is 30.2. The topological polar surface area (TPSA) is 89.8 Å². The highest BCUT2D eigenvalue weighted by Gasteiger charge is 2.22. The molecule has 0 rings (SSSR count). The number of aliphatic hydroxyl groups is 3. The van der Waals surface area contributed by atoms with Gasteiger partial charge in [0.1, 0.15) is 6.10 Å². The van der Waals surface area contributed by atoms with Crippen molar-refractivity contribution in [3.8, 4) is 0 Å². The average molecular weight is 576 g/mol. The fraction of sp³-hybridized carbons (Fsp3) is 0.750. The first kappa shape index (κ1) is 39.3. The van der Waals surface area contributed by atoms with Crippen LogP contribution in [0.15, 0.2) is 48.6 Å². The number of unbranched alkanes of at least 4 members (excludes halogenated alkanes) is 15. The molecule has 0 aliphatic rings. The molecule has 1 amide bonds. The molecule has 0 saturated carbocycles. The van der Waals surface area contributed by atoms with Gasteiger partial charge in [-0.3, -0.25) is 4.79 Å². The number of carbonyl (C=O) groups excluding carboxylic acids is 1. The molecule has 0 aliphatic carbocycles. The lowest BCUT2D eigenvalue weighted by atomic mass is 10.1. The molecule has 4 N–H and O–H groups in total. The summed E-state index contributed by atoms with van der Waals surface area (Å²) in [5.74, 6) is -0.538. The lowest BCUT2D eigenvalue weighted by Gasteiger charge is -2.21. The molecule has 0 aromatic rings. The van der Waals surface area contributed by atoms with Crippen LogP contribution in [0.2, 0.25) is 0 Å². The van der Waals surface area contributed by atoms with Gasteiger partial charge < -0.3 is 20.6 Å². The SMILES string of the molecule is CCCCCCC/C=C/CC/C=C/CC/C=C/C(O)C(CO)NC(=O)C(O)CCCC/C=C\CCCCCCCC. The highest BCUT2D eigenvalue weighted by atomic mass is 16.3. The maximum Gasteiger partial charge on any atom is 0.249 e. The van der Waals surface area contributed by atoms with E-state index in [4.69, 9.17) is 0 Å². The van der Waals surface area contributed by atoms with E-state index >= 15 is 0 Å². The molecule has 3 unspecified atom stereocenters. The van der Waals surface area contributed by atoms with Crippen LogP contribution in [0.5, 0.6) is 0 Å². The molecule has 41 heavy (non-hydrogen) atoms. The van der Waals surface area contributed by atoms with Gasteiger partial charge in [0.15, 0.2) is 0 Å². The molecule has 5 nitrogen and oxygen atoms in total. The molecule has 0 heterocycles. The predicted molar refractivity (Wildman–Crippen MR) is 176 cm³/mol. The van der Waals surface area contributed by atoms with Gasteiger partial charge in [0.05, 0.1) is 18.8 Å². The number of nitrogens with one attached hydrogen (secondary N) is 1. The summed E-state index contributed by atoms with van der Waals surface area (Å²) in [7, 11) is 0. The van der Waals surface area contributed by atoms with E-state index in [1.807, 2.05) is 6.08 Å². The molecular formula is C36H65NO4. The van der Waals surface area contributed by atoms with E-state index in [1.165, 1.54) is 77.0 Å². The molecule has 0 saturated heterocycles. The molecule has 0 radical (unpaired) electrons. The summed E-state index contributed by atoms with van der Waals surface area (Å²) >= 11 is 0. The van der Waals surface area contributed by atoms with Crippen molar-refractivity contribution in [1.29, 1.82) is 0 Å². The molecule has 0 aromatic carbocycles. The average Bonchev–Trinajstić information content (AvgIpc) is 2.98. The first-order valence-electron chi connectivity index (χ1n) is 17.0. The van der Waals surface area contributed by atoms with E-state index in [2.05, 4.69) is 55.6 Å². The zero-order valence-electron chi connectivity index (χ0n) is 26.7. The molecule has 0 aromatic heterocycles. The largest absolute Gasteiger partial charge is 0.394 e. The minimum absolute atomic E-state index is 0.377. The second-order valence-corrected chi connectivity index (χ2v) is 11.3. The summed E-state index contributed by atoms with van der Waals surface area (Å²) in [5, 5.41) is 32.8. The Labute approximate surface area is 253 Å². The number of allylic oxidation sites excluding steroid dienone is 7. The van der Waals surface area contributed by atoms with E-state index in [9.17, 15) is 20.1 Å². The summed E-state index contributed by atoms with van der Waals surface area (Å²) in [6, 6.07) is -0.827. The molecule has 0 bridgehead atoms. The van der Waals surface area contributed by atoms with Crippen molar-refractivity contribution in [2.75, 3.05) is 6.61 Å². The van der Waals surface area contributed by atoms with Crippen molar-refractivity contribution in [3.63, 3.8) is 0 Å². The predicted octanol–water partition coefficient (Wildman–Crippen LogP) is 8.64. The van der Waals surface area contributed by atoms with E-state index in [1.54, 1.807) is 6.08 Å². The van der Waals surface area contributed by atoms with Crippen LogP contribution in [0.1, 0.15) is 149 Å². The Bertz CT molecular complexity index is 685. The van der Waals surface area contributed by atoms with Gasteiger partial charge in [-0.2, -0.15) is 0 Å². The lowest BCUT2D eigenvalue weighted by molar-refractivity contribution is -0.131. The first-order valence-corrected chi connectivity index (χ1v) is 17.0. The normalized spacial score (nSPS) is 14.6. The van der Waals surface area contributed by atoms with Crippen molar-refractivity contribution in [1.82, 2.24) is 5.32 Å². The van der Waals surface area contributed by atoms with Gasteiger partial charge in [-0.1, -0.05) is 127 Å². The summed E-state index contributed by atoms with van der Waals surface area (Å²) in [4.78, 5) is 12.3. The van der Waals surface area contributed by atoms with Crippen LogP contribution in [0.25, 0.3) is 0 Å². The number of hydrogen-bond acceptors (Lipinski definition) is 4. The van der Waals surface area contributed by atoms with Gasteiger partial charge >= 0.3 is 0 Å². The van der Waals surface area contributed by atoms with Crippen LogP contribution >= 0.6 is 0 Å². The standard InChI is InChI=1S/C36H65NO4/c1-3-5-7-9-11-13-15-17-18-19-21-22-24-26-28-30-34(39)33(32-38)37-36(41)35(40)31-29-27-25-23-20-16-14-12-10-8-6-4-2/h15,17,20-23,28,30,33-35,38-40H,3-14,16,18-19,24-27,29,31-32H2,1-2H3,(H,37,41)/b17-15+,22-21+,23-20-,30-28+. The monoisotopic (exact) mass is 575 g/mol. The minimum atomic E-state index is -1.13. The lowest BCUT2D eigenvalue weighted by Crippen LogP contribution is -2.48. The number of amides is 1. The molecule has 0 spiro atoms. The van der Waals surface area contributed by atoms with Crippen molar-refractivity contribution < 1.29 is 20.1 Å². The molecule has 0 aliphatic heterocycles. The van der Waals surface area contributed by atoms with E-state index in [-0.39, 0.29) is 6.61 Å². The van der Waals surface area contributed by atoms with Gasteiger partial charge in [0.25, 0.3) is 0 Å². The van der Waals surface area contributed by atoms with Crippen molar-refractivity contribution >= 4 is 5.91 Å². The third kappa shape index (κ3) is 26.9. The van der Waals surface area contributed by atoms with Gasteiger partial charge in [0.2, 0.25) is 5.91 Å². The van der Waals surface area contributed by atoms with Crippen LogP contribution < -0.4 is 5.32 Å². The summed E-state index contributed by atoms with van der Waals surface area (Å²) < 4.78 is 0. The maximum absolute atomic E-state index is 12.3. The third-order valence-electron chi connectivity index (χ3n) is 7.37. The fourth-order valence-corrected chi connectivity index (χ4v) is 4.62. The Morgan fingerprint density at radius 2 is 1.00 bits per heavy atom. The smallest absolute Gasteiger partial charge is 0.249 e. The highest BCUT2D eigenvalue weighted by Crippen LogP contribution is 2.10. The zero-order valence-corrected chi connectivity index (χ0v) is 26.7. The molecule has 238 valence electrons. The summed E-state index contributed by atoms with van der Waals surface area (Å²) in [6.07, 6.45) is 38.3. The summed E-state index contributed by atoms with van der Waals surface area (Å²) in [5.41, 5.74) is 0. The van der Waals surface area contributed by atoms with Crippen molar-refractivity contribution in [3.05, 3.63) is 48.6 Å². The third-order valence-corrected chi connectivity index (χ3v) is 7.37. The second kappa shape index (κ2) is 31.3. The Hall–Kier alpha value is -1.69. The van der Waals surface area contributed by atoms with Crippen molar-refractivity contribution in [2.45, 2.75) is 167 Å². The van der Waals surface area contributed by atoms with E-state index in [0.29, 0.717) is 6.42 Å². The first-order chi connectivity index (χ1) is 20.1. The van der Waals surface area contributed by atoms with Crippen LogP contribution in [0.3, 0.4) is 0 Å². The van der Waals surface area contributed by atoms with Crippen LogP contribution in [0, 0.1) is 0 Å². The maximum atomic E-state index is 12.3. The number of aliphatic hydroxyl groups excluding tert-OH is 3. The summed E-state index contributed by atoms with van der Waals surface area (Å²) in [6.45, 7) is 4.09. The van der Waals surface area contributed by atoms with Gasteiger partial charge in [0, 0.05) is 0 Å². The van der Waals surface area contributed by atoms with Gasteiger partial charge in [-0.15, -0.1) is 0 Å². The van der Waals surface area contributed by atoms with E-state index in [0.717, 1.165) is 51.4 Å². The van der Waals surface area contributed by atoms with Crippen LogP contribution in [-0.2, 0) is 4.79 Å². The van der Waals surface area contributed by atoms with E-state index < -0.39 is 24.2 Å². The van der Waals surface area contributed by atoms with Crippen LogP contribution in [-0.4, -0.2) is 46.1 Å². The molecular weight excluding hydrogens is 510 g/mol. The Kier molecular flexibility index (Phi) is 30.0. The molecule has 5 heteroatoms. The van der Waals surface area contributed by atoms with Gasteiger partial charge in [-0.05, 0) is 70.6 Å². The number of hydrogen-bond donors (Lipinski definition) is 4. The quantitative estimate of drug-likeness (QED) is 0.0531. The number of carbonyl (C=O) groups is 1. The minimum Gasteiger partial charge on any atom is -0.394 e. The van der Waals surface area contributed by atoms with Crippen molar-refractivity contribution in [2.24, 2.45) is 0 Å². The molecule has 0 fully saturated rings. The Morgan fingerprint density at radius 3 is 1.49 bits per heavy atom. The van der Waals surface area contributed by atoms with Crippen LogP contribution in [0.4, 0.5) is 0 Å². The van der Waals surface area contributed by atoms with Gasteiger partial charge in [-0.25, -0.2) is 0 Å². The highest BCUT2D eigenvalue weighted by molar-refractivity contribution is 5.80. The Morgan fingerprint density at radius 1 is 0.585 bits per heavy atom. The molecule has 3 atom stereocenters. The second-order valence-electron chi connectivity index (χ2n) is 11.3. The Balaban J connectivity index is 3.93. The number of rotatable bonds is 29. The fourth-order valence-electron chi connectivity index (χ4n) is 4.62.